The third-order valence-electron chi connectivity index (χ3n) is 3.27. The van der Waals surface area contributed by atoms with Crippen molar-refractivity contribution in [2.24, 2.45) is 0 Å². The van der Waals surface area contributed by atoms with Crippen molar-refractivity contribution in [3.8, 4) is 5.75 Å². The number of benzene rings is 2. The van der Waals surface area contributed by atoms with Crippen LogP contribution in [-0.4, -0.2) is 27.6 Å². The molecule has 10 heteroatoms. The lowest BCUT2D eigenvalue weighted by Gasteiger charge is -2.14. The van der Waals surface area contributed by atoms with Crippen molar-refractivity contribution in [3.05, 3.63) is 54.1 Å². The molecule has 0 saturated heterocycles. The highest BCUT2D eigenvalue weighted by atomic mass is 32.2. The van der Waals surface area contributed by atoms with Crippen LogP contribution in [0.2, 0.25) is 0 Å². The molecule has 0 fully saturated rings. The summed E-state index contributed by atoms with van der Waals surface area (Å²) in [6, 6.07) is 9.13. The van der Waals surface area contributed by atoms with Gasteiger partial charge in [-0.15, -0.1) is 0 Å². The molecule has 0 bridgehead atoms. The number of carbonyl (C=O) groups is 1. The second-order valence-corrected chi connectivity index (χ2v) is 6.90. The zero-order valence-corrected chi connectivity index (χ0v) is 14.9. The fraction of sp³-hybridized carbons (Fsp3) is 0.235. The monoisotopic (exact) mass is 403 g/mol. The van der Waals surface area contributed by atoms with Crippen molar-refractivity contribution >= 4 is 21.7 Å². The highest BCUT2D eigenvalue weighted by Crippen LogP contribution is 2.35. The van der Waals surface area contributed by atoms with Gasteiger partial charge in [0.15, 0.2) is 6.61 Å². The summed E-state index contributed by atoms with van der Waals surface area (Å²) in [6.45, 7) is 1.49. The summed E-state index contributed by atoms with van der Waals surface area (Å²) in [5.41, 5.74) is -1.67. The first-order chi connectivity index (χ1) is 12.6. The predicted octanol–water partition coefficient (Wildman–Crippen LogP) is 3.45. The smallest absolute Gasteiger partial charge is 0.418 e. The van der Waals surface area contributed by atoms with Gasteiger partial charge in [0.05, 0.1) is 22.8 Å². The highest BCUT2D eigenvalue weighted by Gasteiger charge is 2.34. The van der Waals surface area contributed by atoms with Gasteiger partial charge >= 0.3 is 12.1 Å². The Morgan fingerprint density at radius 3 is 2.30 bits per heavy atom. The number of esters is 1. The molecule has 2 rings (SSSR count). The fourth-order valence-electron chi connectivity index (χ4n) is 2.08. The van der Waals surface area contributed by atoms with E-state index in [1.54, 1.807) is 6.92 Å². The molecule has 0 heterocycles. The number of sulfonamides is 1. The van der Waals surface area contributed by atoms with Crippen molar-refractivity contribution in [2.45, 2.75) is 18.0 Å². The summed E-state index contributed by atoms with van der Waals surface area (Å²) in [5.74, 6) is -0.377. The van der Waals surface area contributed by atoms with Crippen LogP contribution in [0.3, 0.4) is 0 Å². The SMILES string of the molecule is CCOC(=O)COc1ccc(S(=O)(=O)Nc2ccccc2C(F)(F)F)cc1. The predicted molar refractivity (Wildman–Crippen MR) is 90.8 cm³/mol. The zero-order chi connectivity index (χ0) is 20.1. The zero-order valence-electron chi connectivity index (χ0n) is 14.1. The molecule has 0 aliphatic heterocycles. The molecular weight excluding hydrogens is 387 g/mol. The van der Waals surface area contributed by atoms with Crippen LogP contribution in [0.15, 0.2) is 53.4 Å². The van der Waals surface area contributed by atoms with E-state index in [2.05, 4.69) is 4.74 Å². The maximum absolute atomic E-state index is 13.0. The Balaban J connectivity index is 2.15. The third kappa shape index (κ3) is 5.61. The van der Waals surface area contributed by atoms with Crippen LogP contribution in [0, 0.1) is 0 Å². The maximum atomic E-state index is 13.0. The van der Waals surface area contributed by atoms with Crippen LogP contribution in [0.1, 0.15) is 12.5 Å². The van der Waals surface area contributed by atoms with E-state index in [4.69, 9.17) is 4.74 Å². The largest absolute Gasteiger partial charge is 0.482 e. The number of ether oxygens (including phenoxy) is 2. The first-order valence-electron chi connectivity index (χ1n) is 7.71. The summed E-state index contributed by atoms with van der Waals surface area (Å²) in [5, 5.41) is 0. The minimum absolute atomic E-state index is 0.199. The van der Waals surface area contributed by atoms with E-state index in [0.717, 1.165) is 30.3 Å². The van der Waals surface area contributed by atoms with Crippen LogP contribution < -0.4 is 9.46 Å². The van der Waals surface area contributed by atoms with Crippen LogP contribution in [0.25, 0.3) is 0 Å². The molecule has 2 aromatic carbocycles. The first kappa shape index (κ1) is 20.6. The van der Waals surface area contributed by atoms with Gasteiger partial charge in [0, 0.05) is 0 Å². The van der Waals surface area contributed by atoms with E-state index in [9.17, 15) is 26.4 Å². The van der Waals surface area contributed by atoms with Gasteiger partial charge < -0.3 is 9.47 Å². The molecule has 146 valence electrons. The Morgan fingerprint density at radius 2 is 1.70 bits per heavy atom. The number of carbonyl (C=O) groups excluding carboxylic acids is 1. The number of hydrogen-bond donors (Lipinski definition) is 1. The Morgan fingerprint density at radius 1 is 1.07 bits per heavy atom. The number of halogens is 3. The second-order valence-electron chi connectivity index (χ2n) is 5.21. The lowest BCUT2D eigenvalue weighted by atomic mass is 10.2. The Labute approximate surface area is 154 Å². The van der Waals surface area contributed by atoms with E-state index >= 15 is 0 Å². The van der Waals surface area contributed by atoms with Crippen molar-refractivity contribution in [1.82, 2.24) is 0 Å². The van der Waals surface area contributed by atoms with Gasteiger partial charge in [0.2, 0.25) is 0 Å². The molecule has 0 unspecified atom stereocenters. The average molecular weight is 403 g/mol. The minimum atomic E-state index is -4.70. The van der Waals surface area contributed by atoms with Gasteiger partial charge in [0.1, 0.15) is 5.75 Å². The van der Waals surface area contributed by atoms with Crippen LogP contribution in [0.5, 0.6) is 5.75 Å². The molecule has 0 amide bonds. The topological polar surface area (TPSA) is 81.7 Å². The Bertz CT molecular complexity index is 896. The second kappa shape index (κ2) is 8.30. The van der Waals surface area contributed by atoms with Crippen LogP contribution in [-0.2, 0) is 25.7 Å². The van der Waals surface area contributed by atoms with Crippen LogP contribution in [0.4, 0.5) is 18.9 Å². The number of hydrogen-bond acceptors (Lipinski definition) is 5. The standard InChI is InChI=1S/C17H16F3NO5S/c1-2-25-16(22)11-26-12-7-9-13(10-8-12)27(23,24)21-15-6-4-3-5-14(15)17(18,19)20/h3-10,21H,2,11H2,1H3. The van der Waals surface area contributed by atoms with Gasteiger partial charge in [-0.2, -0.15) is 13.2 Å². The molecule has 2 aromatic rings. The average Bonchev–Trinajstić information content (AvgIpc) is 2.60. The molecule has 0 aromatic heterocycles. The molecule has 1 N–H and O–H groups in total. The number of rotatable bonds is 7. The van der Waals surface area contributed by atoms with Gasteiger partial charge in [0.25, 0.3) is 10.0 Å². The maximum Gasteiger partial charge on any atom is 0.418 e. The summed E-state index contributed by atoms with van der Waals surface area (Å²) in [6.07, 6.45) is -4.70. The summed E-state index contributed by atoms with van der Waals surface area (Å²) < 4.78 is 75.4. The molecule has 0 atom stereocenters. The fourth-order valence-corrected chi connectivity index (χ4v) is 3.16. The number of para-hydroxylation sites is 1. The lowest BCUT2D eigenvalue weighted by molar-refractivity contribution is -0.145. The van der Waals surface area contributed by atoms with Crippen molar-refractivity contribution in [1.29, 1.82) is 0 Å². The quantitative estimate of drug-likeness (QED) is 0.716. The van der Waals surface area contributed by atoms with E-state index < -0.39 is 33.4 Å². The molecule has 0 spiro atoms. The normalized spacial score (nSPS) is 11.7. The Hall–Kier alpha value is -2.75. The van der Waals surface area contributed by atoms with Crippen LogP contribution >= 0.6 is 0 Å². The molecular formula is C17H16F3NO5S. The van der Waals surface area contributed by atoms with Crippen molar-refractivity contribution in [3.63, 3.8) is 0 Å². The lowest BCUT2D eigenvalue weighted by Crippen LogP contribution is -2.17. The first-order valence-corrected chi connectivity index (χ1v) is 9.19. The molecule has 0 radical (unpaired) electrons. The number of anilines is 1. The number of alkyl halides is 3. The van der Waals surface area contributed by atoms with Gasteiger partial charge in [-0.1, -0.05) is 12.1 Å². The van der Waals surface area contributed by atoms with Crippen molar-refractivity contribution in [2.75, 3.05) is 17.9 Å². The van der Waals surface area contributed by atoms with Gasteiger partial charge in [-0.05, 0) is 43.3 Å². The molecule has 27 heavy (non-hydrogen) atoms. The number of nitrogens with one attached hydrogen (secondary N) is 1. The van der Waals surface area contributed by atoms with E-state index in [1.807, 2.05) is 4.72 Å². The minimum Gasteiger partial charge on any atom is -0.482 e. The molecule has 6 nitrogen and oxygen atoms in total. The third-order valence-corrected chi connectivity index (χ3v) is 4.65. The highest BCUT2D eigenvalue weighted by molar-refractivity contribution is 7.92. The summed E-state index contributed by atoms with van der Waals surface area (Å²) in [7, 11) is -4.25. The summed E-state index contributed by atoms with van der Waals surface area (Å²) in [4.78, 5) is 11.0. The molecule has 0 aliphatic carbocycles. The summed E-state index contributed by atoms with van der Waals surface area (Å²) >= 11 is 0. The van der Waals surface area contributed by atoms with Crippen molar-refractivity contribution < 1.29 is 35.9 Å². The van der Waals surface area contributed by atoms with E-state index in [1.165, 1.54) is 18.2 Å². The van der Waals surface area contributed by atoms with Gasteiger partial charge in [-0.25, -0.2) is 13.2 Å². The van der Waals surface area contributed by atoms with E-state index in [0.29, 0.717) is 0 Å². The van der Waals surface area contributed by atoms with E-state index in [-0.39, 0.29) is 23.9 Å². The Kier molecular flexibility index (Phi) is 6.32. The van der Waals surface area contributed by atoms with Gasteiger partial charge in [-0.3, -0.25) is 4.72 Å². The molecule has 0 saturated carbocycles. The molecule has 0 aliphatic rings.